The van der Waals surface area contributed by atoms with E-state index in [9.17, 15) is 14.7 Å². The molecule has 5 N–H and O–H groups in total. The van der Waals surface area contributed by atoms with Gasteiger partial charge in [0, 0.05) is 24.1 Å². The lowest BCUT2D eigenvalue weighted by Crippen LogP contribution is -2.23. The average molecular weight is 472 g/mol. The molecule has 0 bridgehead atoms. The van der Waals surface area contributed by atoms with Crippen molar-refractivity contribution in [2.24, 2.45) is 5.73 Å². The molecule has 3 aromatic rings. The van der Waals surface area contributed by atoms with Crippen LogP contribution in [-0.4, -0.2) is 27.9 Å². The molecule has 10 heteroatoms. The number of nitrogens with zero attached hydrogens (tertiary/aromatic N) is 2. The van der Waals surface area contributed by atoms with Gasteiger partial charge in [-0.1, -0.05) is 53.8 Å². The zero-order valence-electron chi connectivity index (χ0n) is 17.2. The van der Waals surface area contributed by atoms with E-state index >= 15 is 0 Å². The van der Waals surface area contributed by atoms with Gasteiger partial charge >= 0.3 is 5.97 Å². The van der Waals surface area contributed by atoms with Crippen molar-refractivity contribution >= 4 is 51.8 Å². The highest BCUT2D eigenvalue weighted by Gasteiger charge is 2.23. The molecule has 1 atom stereocenters. The number of aryl methyl sites for hydroxylation is 1. The summed E-state index contributed by atoms with van der Waals surface area (Å²) in [6.45, 7) is 1.84. The fraction of sp³-hybridized carbons (Fsp3) is 0.182. The SMILES string of the molecule is Cc1nc(NC(=N)N)sc1-c1cccc(N(Cl)C(=O)CC(CC(=O)O)c2ccccc2)c1. The quantitative estimate of drug-likeness (QED) is 0.216. The minimum Gasteiger partial charge on any atom is -0.481 e. The fourth-order valence-electron chi connectivity index (χ4n) is 3.28. The molecule has 0 saturated carbocycles. The molecule has 0 aliphatic heterocycles. The van der Waals surface area contributed by atoms with E-state index in [1.165, 1.54) is 11.3 Å². The molecular formula is C22H22ClN5O3S. The summed E-state index contributed by atoms with van der Waals surface area (Å²) in [7, 11) is 0. The van der Waals surface area contributed by atoms with Gasteiger partial charge in [-0.05, 0) is 30.2 Å². The van der Waals surface area contributed by atoms with Crippen molar-refractivity contribution in [3.8, 4) is 10.4 Å². The summed E-state index contributed by atoms with van der Waals surface area (Å²) < 4.78 is 1.02. The van der Waals surface area contributed by atoms with Crippen LogP contribution in [0.5, 0.6) is 0 Å². The predicted octanol–water partition coefficient (Wildman–Crippen LogP) is 4.56. The number of benzene rings is 2. The zero-order valence-corrected chi connectivity index (χ0v) is 18.8. The number of anilines is 2. The summed E-state index contributed by atoms with van der Waals surface area (Å²) in [5, 5.41) is 19.8. The summed E-state index contributed by atoms with van der Waals surface area (Å²) in [6, 6.07) is 16.2. The smallest absolute Gasteiger partial charge is 0.303 e. The first-order valence-corrected chi connectivity index (χ1v) is 10.8. The number of carboxylic acids is 1. The number of nitrogens with one attached hydrogen (secondary N) is 2. The van der Waals surface area contributed by atoms with E-state index in [-0.39, 0.29) is 18.8 Å². The van der Waals surface area contributed by atoms with Crippen LogP contribution in [0.1, 0.15) is 30.0 Å². The number of carbonyl (C=O) groups excluding carboxylic acids is 1. The van der Waals surface area contributed by atoms with Gasteiger partial charge in [-0.2, -0.15) is 0 Å². The van der Waals surface area contributed by atoms with Crippen molar-refractivity contribution in [3.05, 3.63) is 65.9 Å². The third-order valence-corrected chi connectivity index (χ3v) is 6.21. The topological polar surface area (TPSA) is 132 Å². The summed E-state index contributed by atoms with van der Waals surface area (Å²) in [5.74, 6) is -2.08. The number of guanidine groups is 1. The Bertz CT molecular complexity index is 1140. The van der Waals surface area contributed by atoms with E-state index < -0.39 is 17.8 Å². The lowest BCUT2D eigenvalue weighted by molar-refractivity contribution is -0.137. The molecule has 3 rings (SSSR count). The Kier molecular flexibility index (Phi) is 7.45. The second kappa shape index (κ2) is 10.3. The van der Waals surface area contributed by atoms with Gasteiger partial charge in [-0.15, -0.1) is 0 Å². The maximum absolute atomic E-state index is 12.9. The Hall–Kier alpha value is -3.43. The van der Waals surface area contributed by atoms with Crippen LogP contribution in [-0.2, 0) is 9.59 Å². The minimum atomic E-state index is -0.981. The Morgan fingerprint density at radius 3 is 2.59 bits per heavy atom. The number of carboxylic acid groups (broad SMARTS) is 1. The van der Waals surface area contributed by atoms with Crippen LogP contribution in [0.3, 0.4) is 0 Å². The Balaban J connectivity index is 1.81. The van der Waals surface area contributed by atoms with Crippen molar-refractivity contribution in [1.29, 1.82) is 5.41 Å². The molecule has 2 aromatic carbocycles. The molecule has 0 spiro atoms. The Morgan fingerprint density at radius 2 is 1.94 bits per heavy atom. The van der Waals surface area contributed by atoms with Crippen molar-refractivity contribution in [3.63, 3.8) is 0 Å². The lowest BCUT2D eigenvalue weighted by Gasteiger charge is -2.19. The van der Waals surface area contributed by atoms with Gasteiger partial charge in [-0.3, -0.25) is 15.0 Å². The maximum atomic E-state index is 12.9. The maximum Gasteiger partial charge on any atom is 0.303 e. The second-order valence-corrected chi connectivity index (χ2v) is 8.44. The first kappa shape index (κ1) is 23.2. The summed E-state index contributed by atoms with van der Waals surface area (Å²) >= 11 is 7.69. The average Bonchev–Trinajstić information content (AvgIpc) is 3.12. The van der Waals surface area contributed by atoms with E-state index in [0.29, 0.717) is 10.8 Å². The first-order valence-electron chi connectivity index (χ1n) is 9.69. The normalized spacial score (nSPS) is 11.6. The van der Waals surface area contributed by atoms with Crippen LogP contribution in [0, 0.1) is 12.3 Å². The molecule has 8 nitrogen and oxygen atoms in total. The molecule has 32 heavy (non-hydrogen) atoms. The Labute approximate surface area is 194 Å². The monoisotopic (exact) mass is 471 g/mol. The Morgan fingerprint density at radius 1 is 1.22 bits per heavy atom. The summed E-state index contributed by atoms with van der Waals surface area (Å²) in [5.41, 5.74) is 8.15. The molecule has 0 saturated heterocycles. The third-order valence-electron chi connectivity index (χ3n) is 4.71. The van der Waals surface area contributed by atoms with E-state index in [1.807, 2.05) is 31.2 Å². The highest BCUT2D eigenvalue weighted by atomic mass is 35.5. The number of hydrogen-bond donors (Lipinski definition) is 4. The van der Waals surface area contributed by atoms with E-state index in [4.69, 9.17) is 22.9 Å². The van der Waals surface area contributed by atoms with E-state index in [2.05, 4.69) is 10.3 Å². The highest BCUT2D eigenvalue weighted by molar-refractivity contribution is 7.19. The van der Waals surface area contributed by atoms with Crippen LogP contribution < -0.4 is 15.5 Å². The van der Waals surface area contributed by atoms with Crippen LogP contribution in [0.15, 0.2) is 54.6 Å². The van der Waals surface area contributed by atoms with Gasteiger partial charge in [0.25, 0.3) is 0 Å². The number of aromatic nitrogens is 1. The van der Waals surface area contributed by atoms with E-state index in [0.717, 1.165) is 26.1 Å². The highest BCUT2D eigenvalue weighted by Crippen LogP contribution is 2.35. The molecule has 1 unspecified atom stereocenters. The van der Waals surface area contributed by atoms with Gasteiger partial charge in [-0.25, -0.2) is 9.40 Å². The number of carbonyl (C=O) groups is 2. The molecule has 0 aliphatic rings. The van der Waals surface area contributed by atoms with E-state index in [1.54, 1.807) is 30.3 Å². The largest absolute Gasteiger partial charge is 0.481 e. The van der Waals surface area contributed by atoms with Crippen molar-refractivity contribution in [2.75, 3.05) is 9.74 Å². The number of halogens is 1. The van der Waals surface area contributed by atoms with Crippen LogP contribution in [0.2, 0.25) is 0 Å². The number of thiazole rings is 1. The minimum absolute atomic E-state index is 0.0453. The molecule has 1 amide bonds. The lowest BCUT2D eigenvalue weighted by atomic mass is 9.92. The van der Waals surface area contributed by atoms with Gasteiger partial charge in [0.15, 0.2) is 11.1 Å². The van der Waals surface area contributed by atoms with Crippen LogP contribution >= 0.6 is 23.1 Å². The first-order chi connectivity index (χ1) is 15.2. The standard InChI is InChI=1S/C22H22ClN5O3S/c1-13-20(32-22(26-13)27-21(24)25)15-8-5-9-17(10-15)28(23)18(29)11-16(12-19(30)31)14-6-3-2-4-7-14/h2-10,16H,11-12H2,1H3,(H,30,31)(H4,24,25,26,27). The van der Waals surface area contributed by atoms with Crippen LogP contribution in [0.25, 0.3) is 10.4 Å². The predicted molar refractivity (Wildman–Crippen MR) is 127 cm³/mol. The summed E-state index contributed by atoms with van der Waals surface area (Å²) in [6.07, 6.45) is -0.219. The van der Waals surface area contributed by atoms with Gasteiger partial charge < -0.3 is 16.2 Å². The van der Waals surface area contributed by atoms with Crippen molar-refractivity contribution < 1.29 is 14.7 Å². The zero-order chi connectivity index (χ0) is 23.3. The van der Waals surface area contributed by atoms with Gasteiger partial charge in [0.2, 0.25) is 5.91 Å². The van der Waals surface area contributed by atoms with Crippen LogP contribution in [0.4, 0.5) is 10.8 Å². The molecule has 0 fully saturated rings. The molecule has 166 valence electrons. The van der Waals surface area contributed by atoms with Crippen molar-refractivity contribution in [2.45, 2.75) is 25.7 Å². The van der Waals surface area contributed by atoms with Crippen molar-refractivity contribution in [1.82, 2.24) is 4.98 Å². The molecule has 1 heterocycles. The number of hydrogen-bond acceptors (Lipinski definition) is 5. The number of rotatable bonds is 8. The molecule has 1 aromatic heterocycles. The van der Waals surface area contributed by atoms with Gasteiger partial charge in [0.05, 0.1) is 22.7 Å². The third kappa shape index (κ3) is 5.83. The molecule has 0 aliphatic carbocycles. The number of amides is 1. The molecule has 0 radical (unpaired) electrons. The summed E-state index contributed by atoms with van der Waals surface area (Å²) in [4.78, 5) is 29.4. The number of nitrogens with two attached hydrogens (primary N) is 1. The van der Waals surface area contributed by atoms with Gasteiger partial charge in [0.1, 0.15) is 0 Å². The fourth-order valence-corrected chi connectivity index (χ4v) is 4.43. The second-order valence-electron chi connectivity index (χ2n) is 7.11. The molecular weight excluding hydrogens is 450 g/mol. The number of aliphatic carboxylic acids is 1.